The SMILES string of the molecule is COc1ccc2ccccc2c1CCc1c(OC)ccc2ccccc12. The summed E-state index contributed by atoms with van der Waals surface area (Å²) in [5, 5.41) is 5.00. The number of benzene rings is 4. The van der Waals surface area contributed by atoms with Crippen LogP contribution in [0.2, 0.25) is 0 Å². The van der Waals surface area contributed by atoms with Crippen LogP contribution in [-0.2, 0) is 12.8 Å². The minimum Gasteiger partial charge on any atom is -0.496 e. The molecule has 2 heteroatoms. The maximum Gasteiger partial charge on any atom is 0.122 e. The second kappa shape index (κ2) is 7.09. The van der Waals surface area contributed by atoms with E-state index in [0.717, 1.165) is 24.3 Å². The van der Waals surface area contributed by atoms with E-state index < -0.39 is 0 Å². The zero-order valence-electron chi connectivity index (χ0n) is 15.2. The number of ether oxygens (including phenoxy) is 2. The highest BCUT2D eigenvalue weighted by atomic mass is 16.5. The standard InChI is InChI=1S/C24H22O2/c1-25-23-15-11-17-7-3-5-9-19(17)21(23)13-14-22-20-10-6-4-8-18(20)12-16-24(22)26-2/h3-12,15-16H,13-14H2,1-2H3. The second-order valence-electron chi connectivity index (χ2n) is 6.44. The highest BCUT2D eigenvalue weighted by Gasteiger charge is 2.12. The van der Waals surface area contributed by atoms with Crippen molar-refractivity contribution in [2.45, 2.75) is 12.8 Å². The fourth-order valence-corrected chi connectivity index (χ4v) is 3.78. The molecule has 0 aliphatic heterocycles. The summed E-state index contributed by atoms with van der Waals surface area (Å²) < 4.78 is 11.3. The Labute approximate surface area is 154 Å². The minimum absolute atomic E-state index is 0.898. The summed E-state index contributed by atoms with van der Waals surface area (Å²) in [6.45, 7) is 0. The highest BCUT2D eigenvalue weighted by Crippen LogP contribution is 2.33. The topological polar surface area (TPSA) is 18.5 Å². The van der Waals surface area contributed by atoms with Crippen LogP contribution in [0.4, 0.5) is 0 Å². The van der Waals surface area contributed by atoms with Crippen LogP contribution in [-0.4, -0.2) is 14.2 Å². The number of methoxy groups -OCH3 is 2. The van der Waals surface area contributed by atoms with E-state index in [1.165, 1.54) is 32.7 Å². The van der Waals surface area contributed by atoms with Crippen LogP contribution < -0.4 is 9.47 Å². The summed E-state index contributed by atoms with van der Waals surface area (Å²) in [4.78, 5) is 0. The number of hydrogen-bond acceptors (Lipinski definition) is 2. The molecule has 0 saturated heterocycles. The molecule has 0 aliphatic rings. The second-order valence-corrected chi connectivity index (χ2v) is 6.44. The Bertz CT molecular complexity index is 979. The third-order valence-electron chi connectivity index (χ3n) is 5.06. The van der Waals surface area contributed by atoms with Crippen molar-refractivity contribution in [2.24, 2.45) is 0 Å². The Hall–Kier alpha value is -3.00. The first-order valence-electron chi connectivity index (χ1n) is 8.91. The first-order chi connectivity index (χ1) is 12.8. The number of aryl methyl sites for hydroxylation is 2. The van der Waals surface area contributed by atoms with Crippen molar-refractivity contribution in [3.05, 3.63) is 83.9 Å². The van der Waals surface area contributed by atoms with Gasteiger partial charge in [0.05, 0.1) is 14.2 Å². The molecule has 0 spiro atoms. The quantitative estimate of drug-likeness (QED) is 0.457. The van der Waals surface area contributed by atoms with Gasteiger partial charge in [0.25, 0.3) is 0 Å². The van der Waals surface area contributed by atoms with Gasteiger partial charge in [0.15, 0.2) is 0 Å². The molecule has 0 heterocycles. The molecule has 0 radical (unpaired) electrons. The number of fused-ring (bicyclic) bond motifs is 2. The van der Waals surface area contributed by atoms with Gasteiger partial charge in [-0.05, 0) is 46.5 Å². The zero-order valence-corrected chi connectivity index (χ0v) is 15.2. The first-order valence-corrected chi connectivity index (χ1v) is 8.91. The van der Waals surface area contributed by atoms with E-state index in [9.17, 15) is 0 Å². The molecule has 26 heavy (non-hydrogen) atoms. The Kier molecular flexibility index (Phi) is 4.49. The lowest BCUT2D eigenvalue weighted by Crippen LogP contribution is -2.00. The first kappa shape index (κ1) is 16.5. The highest BCUT2D eigenvalue weighted by molar-refractivity contribution is 5.89. The summed E-state index contributed by atoms with van der Waals surface area (Å²) in [5.41, 5.74) is 2.50. The fourth-order valence-electron chi connectivity index (χ4n) is 3.78. The predicted molar refractivity (Wildman–Crippen MR) is 108 cm³/mol. The number of hydrogen-bond donors (Lipinski definition) is 0. The Morgan fingerprint density at radius 3 is 1.38 bits per heavy atom. The van der Waals surface area contributed by atoms with Crippen molar-refractivity contribution < 1.29 is 9.47 Å². The smallest absolute Gasteiger partial charge is 0.122 e. The Balaban J connectivity index is 1.79. The van der Waals surface area contributed by atoms with Crippen LogP contribution in [0, 0.1) is 0 Å². The maximum atomic E-state index is 5.65. The van der Waals surface area contributed by atoms with Gasteiger partial charge in [-0.25, -0.2) is 0 Å². The largest absolute Gasteiger partial charge is 0.496 e. The van der Waals surface area contributed by atoms with E-state index >= 15 is 0 Å². The molecule has 0 unspecified atom stereocenters. The van der Waals surface area contributed by atoms with Crippen molar-refractivity contribution >= 4 is 21.5 Å². The average Bonchev–Trinajstić information content (AvgIpc) is 2.71. The van der Waals surface area contributed by atoms with Crippen LogP contribution in [0.25, 0.3) is 21.5 Å². The van der Waals surface area contributed by atoms with Crippen molar-refractivity contribution in [3.63, 3.8) is 0 Å². The van der Waals surface area contributed by atoms with Crippen molar-refractivity contribution in [3.8, 4) is 11.5 Å². The molecule has 4 rings (SSSR count). The normalized spacial score (nSPS) is 11.0. The molecule has 4 aromatic rings. The van der Waals surface area contributed by atoms with E-state index in [-0.39, 0.29) is 0 Å². The van der Waals surface area contributed by atoms with Crippen LogP contribution >= 0.6 is 0 Å². The maximum absolute atomic E-state index is 5.65. The summed E-state index contributed by atoms with van der Waals surface area (Å²) >= 11 is 0. The van der Waals surface area contributed by atoms with Gasteiger partial charge in [0.1, 0.15) is 11.5 Å². The summed E-state index contributed by atoms with van der Waals surface area (Å²) in [6.07, 6.45) is 1.80. The molecular formula is C24H22O2. The van der Waals surface area contributed by atoms with Gasteiger partial charge in [-0.15, -0.1) is 0 Å². The van der Waals surface area contributed by atoms with Crippen LogP contribution in [0.1, 0.15) is 11.1 Å². The van der Waals surface area contributed by atoms with Gasteiger partial charge in [-0.1, -0.05) is 60.7 Å². The molecule has 0 aromatic heterocycles. The van der Waals surface area contributed by atoms with E-state index in [1.807, 2.05) is 0 Å². The van der Waals surface area contributed by atoms with Crippen molar-refractivity contribution in [2.75, 3.05) is 14.2 Å². The summed E-state index contributed by atoms with van der Waals surface area (Å²) in [6, 6.07) is 25.4. The molecular weight excluding hydrogens is 320 g/mol. The lowest BCUT2D eigenvalue weighted by atomic mass is 9.94. The molecule has 0 amide bonds. The molecule has 0 N–H and O–H groups in total. The monoisotopic (exact) mass is 342 g/mol. The minimum atomic E-state index is 0.898. The third kappa shape index (κ3) is 2.88. The van der Waals surface area contributed by atoms with Gasteiger partial charge >= 0.3 is 0 Å². The van der Waals surface area contributed by atoms with Gasteiger partial charge < -0.3 is 9.47 Å². The van der Waals surface area contributed by atoms with Gasteiger partial charge in [-0.2, -0.15) is 0 Å². The summed E-state index contributed by atoms with van der Waals surface area (Å²) in [5.74, 6) is 1.89. The fraction of sp³-hybridized carbons (Fsp3) is 0.167. The number of rotatable bonds is 5. The van der Waals surface area contributed by atoms with Gasteiger partial charge in [0.2, 0.25) is 0 Å². The van der Waals surface area contributed by atoms with Crippen molar-refractivity contribution in [1.29, 1.82) is 0 Å². The third-order valence-corrected chi connectivity index (χ3v) is 5.06. The Morgan fingerprint density at radius 1 is 0.538 bits per heavy atom. The van der Waals surface area contributed by atoms with Gasteiger partial charge in [0, 0.05) is 11.1 Å². The average molecular weight is 342 g/mol. The summed E-state index contributed by atoms with van der Waals surface area (Å²) in [7, 11) is 3.48. The van der Waals surface area contributed by atoms with E-state index in [1.54, 1.807) is 14.2 Å². The van der Waals surface area contributed by atoms with Crippen molar-refractivity contribution in [1.82, 2.24) is 0 Å². The van der Waals surface area contributed by atoms with Crippen LogP contribution in [0.3, 0.4) is 0 Å². The molecule has 0 fully saturated rings. The van der Waals surface area contributed by atoms with Crippen LogP contribution in [0.15, 0.2) is 72.8 Å². The molecule has 0 atom stereocenters. The molecule has 130 valence electrons. The van der Waals surface area contributed by atoms with E-state index in [2.05, 4.69) is 72.8 Å². The lowest BCUT2D eigenvalue weighted by Gasteiger charge is -2.15. The van der Waals surface area contributed by atoms with E-state index in [4.69, 9.17) is 9.47 Å². The molecule has 0 bridgehead atoms. The van der Waals surface area contributed by atoms with E-state index in [0.29, 0.717) is 0 Å². The molecule has 0 saturated carbocycles. The Morgan fingerprint density at radius 2 is 0.962 bits per heavy atom. The lowest BCUT2D eigenvalue weighted by molar-refractivity contribution is 0.407. The van der Waals surface area contributed by atoms with Crippen LogP contribution in [0.5, 0.6) is 11.5 Å². The molecule has 0 aliphatic carbocycles. The van der Waals surface area contributed by atoms with Gasteiger partial charge in [-0.3, -0.25) is 0 Å². The molecule has 4 aromatic carbocycles. The molecule has 2 nitrogen and oxygen atoms in total. The predicted octanol–water partition coefficient (Wildman–Crippen LogP) is 5.80. The zero-order chi connectivity index (χ0) is 17.9.